The smallest absolute Gasteiger partial charge is 0.158 e. The molecule has 0 atom stereocenters. The number of rotatable bonds is 1. The predicted octanol–water partition coefficient (Wildman–Crippen LogP) is 3.25. The second-order valence-corrected chi connectivity index (χ2v) is 3.95. The molecule has 0 unspecified atom stereocenters. The van der Waals surface area contributed by atoms with Crippen molar-refractivity contribution < 1.29 is 10.2 Å². The van der Waals surface area contributed by atoms with Gasteiger partial charge >= 0.3 is 0 Å². The van der Waals surface area contributed by atoms with Crippen molar-refractivity contribution in [1.29, 1.82) is 0 Å². The number of H-pyrrole nitrogens is 1. The number of benzene rings is 2. The molecule has 0 saturated heterocycles. The monoisotopic (exact) mass is 225 g/mol. The zero-order valence-corrected chi connectivity index (χ0v) is 9.01. The number of para-hydroxylation sites is 1. The summed E-state index contributed by atoms with van der Waals surface area (Å²) in [6, 6.07) is 12.8. The van der Waals surface area contributed by atoms with Gasteiger partial charge in [-0.2, -0.15) is 0 Å². The maximum Gasteiger partial charge on any atom is 0.158 e. The Morgan fingerprint density at radius 2 is 1.71 bits per heavy atom. The zero-order chi connectivity index (χ0) is 11.8. The Labute approximate surface area is 98.0 Å². The minimum Gasteiger partial charge on any atom is -0.504 e. The van der Waals surface area contributed by atoms with Crippen LogP contribution in [0.2, 0.25) is 0 Å². The van der Waals surface area contributed by atoms with E-state index in [-0.39, 0.29) is 11.5 Å². The summed E-state index contributed by atoms with van der Waals surface area (Å²) in [5, 5.41) is 19.9. The molecule has 0 radical (unpaired) electrons. The number of phenols is 2. The van der Waals surface area contributed by atoms with Crippen LogP contribution >= 0.6 is 0 Å². The summed E-state index contributed by atoms with van der Waals surface area (Å²) in [7, 11) is 0. The summed E-state index contributed by atoms with van der Waals surface area (Å²) in [6.07, 6.45) is 1.90. The summed E-state index contributed by atoms with van der Waals surface area (Å²) < 4.78 is 0. The van der Waals surface area contributed by atoms with E-state index in [4.69, 9.17) is 0 Å². The first kappa shape index (κ1) is 9.78. The van der Waals surface area contributed by atoms with Gasteiger partial charge in [0.05, 0.1) is 0 Å². The highest BCUT2D eigenvalue weighted by atomic mass is 16.3. The lowest BCUT2D eigenvalue weighted by Gasteiger charge is -2.02. The van der Waals surface area contributed by atoms with Gasteiger partial charge in [-0.15, -0.1) is 0 Å². The van der Waals surface area contributed by atoms with E-state index < -0.39 is 0 Å². The molecule has 1 aromatic heterocycles. The molecule has 0 aliphatic heterocycles. The molecule has 3 N–H and O–H groups in total. The van der Waals surface area contributed by atoms with Crippen LogP contribution in [0.3, 0.4) is 0 Å². The third kappa shape index (κ3) is 1.52. The molecule has 84 valence electrons. The molecular weight excluding hydrogens is 214 g/mol. The number of fused-ring (bicyclic) bond motifs is 1. The van der Waals surface area contributed by atoms with Crippen molar-refractivity contribution in [1.82, 2.24) is 4.98 Å². The van der Waals surface area contributed by atoms with E-state index in [9.17, 15) is 10.2 Å². The third-order valence-corrected chi connectivity index (χ3v) is 2.88. The maximum atomic E-state index is 9.51. The van der Waals surface area contributed by atoms with E-state index in [2.05, 4.69) is 4.98 Å². The molecule has 0 spiro atoms. The van der Waals surface area contributed by atoms with E-state index in [0.717, 1.165) is 22.0 Å². The van der Waals surface area contributed by atoms with Crippen LogP contribution in [0.4, 0.5) is 0 Å². The van der Waals surface area contributed by atoms with Crippen molar-refractivity contribution in [3.05, 3.63) is 48.7 Å². The molecule has 3 nitrogen and oxygen atoms in total. The largest absolute Gasteiger partial charge is 0.504 e. The van der Waals surface area contributed by atoms with Crippen LogP contribution in [0.25, 0.3) is 22.0 Å². The van der Waals surface area contributed by atoms with Crippen molar-refractivity contribution >= 4 is 10.9 Å². The van der Waals surface area contributed by atoms with E-state index in [1.54, 1.807) is 12.1 Å². The minimum absolute atomic E-state index is 0.103. The van der Waals surface area contributed by atoms with Crippen molar-refractivity contribution in [3.63, 3.8) is 0 Å². The topological polar surface area (TPSA) is 56.2 Å². The Bertz CT molecular complexity index is 686. The maximum absolute atomic E-state index is 9.51. The highest BCUT2D eigenvalue weighted by molar-refractivity contribution is 5.95. The first-order chi connectivity index (χ1) is 8.25. The average molecular weight is 225 g/mol. The first-order valence-corrected chi connectivity index (χ1v) is 5.34. The number of phenolic OH excluding ortho intramolecular Hbond substituents is 2. The molecular formula is C14H11NO2. The summed E-state index contributed by atoms with van der Waals surface area (Å²) >= 11 is 0. The lowest BCUT2D eigenvalue weighted by atomic mass is 10.0. The van der Waals surface area contributed by atoms with Gasteiger partial charge in [0.1, 0.15) is 0 Å². The summed E-state index contributed by atoms with van der Waals surface area (Å²) in [4.78, 5) is 3.18. The van der Waals surface area contributed by atoms with Gasteiger partial charge in [0, 0.05) is 22.7 Å². The Morgan fingerprint density at radius 1 is 0.882 bits per heavy atom. The van der Waals surface area contributed by atoms with Gasteiger partial charge < -0.3 is 15.2 Å². The van der Waals surface area contributed by atoms with Gasteiger partial charge in [0.15, 0.2) is 11.5 Å². The average Bonchev–Trinajstić information content (AvgIpc) is 2.76. The lowest BCUT2D eigenvalue weighted by molar-refractivity contribution is 0.404. The van der Waals surface area contributed by atoms with E-state index in [1.165, 1.54) is 6.07 Å². The molecule has 3 rings (SSSR count). The summed E-state index contributed by atoms with van der Waals surface area (Å²) in [6.45, 7) is 0. The van der Waals surface area contributed by atoms with Gasteiger partial charge in [0.25, 0.3) is 0 Å². The molecule has 0 aliphatic carbocycles. The predicted molar refractivity (Wildman–Crippen MR) is 67.1 cm³/mol. The normalized spacial score (nSPS) is 10.8. The van der Waals surface area contributed by atoms with Crippen molar-refractivity contribution in [3.8, 4) is 22.6 Å². The first-order valence-electron chi connectivity index (χ1n) is 5.34. The van der Waals surface area contributed by atoms with Gasteiger partial charge in [0.2, 0.25) is 0 Å². The molecule has 17 heavy (non-hydrogen) atoms. The van der Waals surface area contributed by atoms with Gasteiger partial charge in [-0.25, -0.2) is 0 Å². The number of hydrogen-bond acceptors (Lipinski definition) is 2. The van der Waals surface area contributed by atoms with Gasteiger partial charge in [-0.3, -0.25) is 0 Å². The highest BCUT2D eigenvalue weighted by Gasteiger charge is 2.07. The van der Waals surface area contributed by atoms with E-state index >= 15 is 0 Å². The summed E-state index contributed by atoms with van der Waals surface area (Å²) in [5.41, 5.74) is 2.93. The van der Waals surface area contributed by atoms with Crippen molar-refractivity contribution in [2.45, 2.75) is 0 Å². The molecule has 0 fully saturated rings. The van der Waals surface area contributed by atoms with Crippen LogP contribution in [0.5, 0.6) is 11.5 Å². The van der Waals surface area contributed by atoms with E-state index in [0.29, 0.717) is 0 Å². The Kier molecular flexibility index (Phi) is 2.05. The Balaban J connectivity index is 2.24. The number of aromatic hydroxyl groups is 2. The molecule has 3 heteroatoms. The van der Waals surface area contributed by atoms with Crippen LogP contribution in [0, 0.1) is 0 Å². The SMILES string of the molecule is Oc1ccc(-c2c[nH]c3ccccc23)cc1O. The van der Waals surface area contributed by atoms with Gasteiger partial charge in [-0.1, -0.05) is 24.3 Å². The van der Waals surface area contributed by atoms with Crippen molar-refractivity contribution in [2.75, 3.05) is 0 Å². The molecule has 0 amide bonds. The number of hydrogen-bond donors (Lipinski definition) is 3. The fourth-order valence-corrected chi connectivity index (χ4v) is 2.00. The van der Waals surface area contributed by atoms with Crippen LogP contribution in [0.15, 0.2) is 48.7 Å². The Morgan fingerprint density at radius 3 is 2.53 bits per heavy atom. The van der Waals surface area contributed by atoms with Crippen LogP contribution in [0.1, 0.15) is 0 Å². The number of nitrogens with one attached hydrogen (secondary N) is 1. The second kappa shape index (κ2) is 3.56. The van der Waals surface area contributed by atoms with Crippen LogP contribution in [-0.2, 0) is 0 Å². The van der Waals surface area contributed by atoms with Crippen molar-refractivity contribution in [2.24, 2.45) is 0 Å². The molecule has 0 aliphatic rings. The fourth-order valence-electron chi connectivity index (χ4n) is 2.00. The molecule has 3 aromatic rings. The lowest BCUT2D eigenvalue weighted by Crippen LogP contribution is -1.76. The van der Waals surface area contributed by atoms with Crippen LogP contribution < -0.4 is 0 Å². The minimum atomic E-state index is -0.104. The Hall–Kier alpha value is -2.42. The second-order valence-electron chi connectivity index (χ2n) is 3.95. The zero-order valence-electron chi connectivity index (χ0n) is 9.01. The summed E-state index contributed by atoms with van der Waals surface area (Å²) in [5.74, 6) is -0.207. The fraction of sp³-hybridized carbons (Fsp3) is 0. The van der Waals surface area contributed by atoms with E-state index in [1.807, 2.05) is 30.5 Å². The molecule has 1 heterocycles. The standard InChI is InChI=1S/C14H11NO2/c16-13-6-5-9(7-14(13)17)11-8-15-12-4-2-1-3-10(11)12/h1-8,15-17H. The highest BCUT2D eigenvalue weighted by Crippen LogP contribution is 2.33. The van der Waals surface area contributed by atoms with Gasteiger partial charge in [-0.05, 0) is 23.8 Å². The molecule has 0 bridgehead atoms. The number of aromatic amines is 1. The van der Waals surface area contributed by atoms with Crippen LogP contribution in [-0.4, -0.2) is 15.2 Å². The third-order valence-electron chi connectivity index (χ3n) is 2.88. The molecule has 2 aromatic carbocycles. The number of aromatic nitrogens is 1. The quantitative estimate of drug-likeness (QED) is 0.557. The molecule has 0 saturated carbocycles.